The topological polar surface area (TPSA) is 103 Å². The Hall–Kier alpha value is -4.60. The van der Waals surface area contributed by atoms with Crippen molar-refractivity contribution < 1.29 is 14.4 Å². The quantitative estimate of drug-likeness (QED) is 0.290. The summed E-state index contributed by atoms with van der Waals surface area (Å²) in [7, 11) is 4.85. The van der Waals surface area contributed by atoms with Gasteiger partial charge in [0.05, 0.1) is 35.7 Å². The Morgan fingerprint density at radius 2 is 1.70 bits per heavy atom. The Bertz CT molecular complexity index is 1530. The van der Waals surface area contributed by atoms with Gasteiger partial charge in [0.25, 0.3) is 5.69 Å². The molecule has 0 saturated carbocycles. The highest BCUT2D eigenvalue weighted by Gasteiger charge is 2.25. The lowest BCUT2D eigenvalue weighted by atomic mass is 10.0. The molecular weight excluding hydrogens is 474 g/mol. The van der Waals surface area contributed by atoms with Gasteiger partial charge in [0.15, 0.2) is 5.43 Å². The number of hydrogen-bond donors (Lipinski definition) is 0. The molecule has 0 atom stereocenters. The van der Waals surface area contributed by atoms with Crippen LogP contribution in [0.25, 0.3) is 22.2 Å². The summed E-state index contributed by atoms with van der Waals surface area (Å²) in [5, 5.41) is 12.5. The van der Waals surface area contributed by atoms with Gasteiger partial charge in [-0.25, -0.2) is 4.98 Å². The minimum atomic E-state index is -0.366. The minimum absolute atomic E-state index is 0.000412. The number of methoxy groups -OCH3 is 2. The van der Waals surface area contributed by atoms with Crippen LogP contribution in [0.1, 0.15) is 0 Å². The SMILES string of the molecule is COc1cc(OC)c2c(=O)cc(-c3ccc(N4CCN(c5ccccn5)CC4)c([N+](=O)[O-])c3)n(C)c2c1. The fourth-order valence-electron chi connectivity index (χ4n) is 4.88. The second-order valence-electron chi connectivity index (χ2n) is 8.80. The van der Waals surface area contributed by atoms with E-state index in [4.69, 9.17) is 9.47 Å². The molecule has 3 heterocycles. The lowest BCUT2D eigenvalue weighted by Crippen LogP contribution is -2.47. The number of fused-ring (bicyclic) bond motifs is 1. The van der Waals surface area contributed by atoms with E-state index >= 15 is 0 Å². The lowest BCUT2D eigenvalue weighted by Gasteiger charge is -2.36. The normalized spacial score (nSPS) is 13.6. The third kappa shape index (κ3) is 4.42. The predicted molar refractivity (Wildman–Crippen MR) is 143 cm³/mol. The van der Waals surface area contributed by atoms with E-state index in [0.29, 0.717) is 65.5 Å². The Morgan fingerprint density at radius 3 is 2.35 bits per heavy atom. The highest BCUT2D eigenvalue weighted by molar-refractivity contribution is 5.89. The second kappa shape index (κ2) is 9.81. The van der Waals surface area contributed by atoms with Crippen molar-refractivity contribution in [2.75, 3.05) is 50.2 Å². The van der Waals surface area contributed by atoms with Gasteiger partial charge in [-0.05, 0) is 18.2 Å². The highest BCUT2D eigenvalue weighted by atomic mass is 16.6. The lowest BCUT2D eigenvalue weighted by molar-refractivity contribution is -0.384. The minimum Gasteiger partial charge on any atom is -0.497 e. The summed E-state index contributed by atoms with van der Waals surface area (Å²) in [4.78, 5) is 33.5. The first-order valence-corrected chi connectivity index (χ1v) is 11.9. The Labute approximate surface area is 213 Å². The van der Waals surface area contributed by atoms with Gasteiger partial charge in [0, 0.05) is 69.3 Å². The van der Waals surface area contributed by atoms with Crippen LogP contribution < -0.4 is 24.7 Å². The summed E-state index contributed by atoms with van der Waals surface area (Å²) >= 11 is 0. The van der Waals surface area contributed by atoms with Crippen LogP contribution in [0.3, 0.4) is 0 Å². The van der Waals surface area contributed by atoms with Crippen LogP contribution in [0.4, 0.5) is 17.2 Å². The van der Waals surface area contributed by atoms with E-state index in [1.54, 1.807) is 37.6 Å². The molecule has 0 N–H and O–H groups in total. The number of ether oxygens (including phenoxy) is 2. The molecule has 190 valence electrons. The first kappa shape index (κ1) is 24.1. The summed E-state index contributed by atoms with van der Waals surface area (Å²) in [5.41, 5.74) is 2.06. The van der Waals surface area contributed by atoms with Crippen molar-refractivity contribution in [3.8, 4) is 22.8 Å². The largest absolute Gasteiger partial charge is 0.497 e. The van der Waals surface area contributed by atoms with Gasteiger partial charge in [0.1, 0.15) is 23.0 Å². The molecule has 0 bridgehead atoms. The van der Waals surface area contributed by atoms with Gasteiger partial charge in [0.2, 0.25) is 0 Å². The van der Waals surface area contributed by atoms with Crippen LogP contribution in [0.15, 0.2) is 65.6 Å². The molecule has 10 nitrogen and oxygen atoms in total. The molecule has 1 saturated heterocycles. The molecule has 0 unspecified atom stereocenters. The van der Waals surface area contributed by atoms with E-state index in [1.165, 1.54) is 13.2 Å². The zero-order valence-corrected chi connectivity index (χ0v) is 20.9. The summed E-state index contributed by atoms with van der Waals surface area (Å²) < 4.78 is 12.6. The number of nitro benzene ring substituents is 1. The van der Waals surface area contributed by atoms with Crippen molar-refractivity contribution in [1.82, 2.24) is 9.55 Å². The first-order chi connectivity index (χ1) is 17.9. The molecular formula is C27H27N5O5. The van der Waals surface area contributed by atoms with Crippen molar-refractivity contribution in [2.45, 2.75) is 0 Å². The number of rotatable bonds is 6. The molecule has 0 radical (unpaired) electrons. The van der Waals surface area contributed by atoms with Crippen LogP contribution in [0.2, 0.25) is 0 Å². The summed E-state index contributed by atoms with van der Waals surface area (Å²) in [5.74, 6) is 1.85. The first-order valence-electron chi connectivity index (χ1n) is 11.9. The van der Waals surface area contributed by atoms with E-state index in [-0.39, 0.29) is 16.0 Å². The molecule has 37 heavy (non-hydrogen) atoms. The molecule has 1 aliphatic rings. The van der Waals surface area contributed by atoms with Crippen molar-refractivity contribution in [3.63, 3.8) is 0 Å². The van der Waals surface area contributed by atoms with Crippen LogP contribution in [0.5, 0.6) is 11.5 Å². The molecule has 1 fully saturated rings. The molecule has 0 aliphatic carbocycles. The smallest absolute Gasteiger partial charge is 0.293 e. The number of anilines is 2. The summed E-state index contributed by atoms with van der Waals surface area (Å²) in [6.45, 7) is 2.67. The van der Waals surface area contributed by atoms with Crippen molar-refractivity contribution in [2.24, 2.45) is 7.05 Å². The third-order valence-corrected chi connectivity index (χ3v) is 6.81. The number of nitro groups is 1. The Kier molecular flexibility index (Phi) is 6.39. The van der Waals surface area contributed by atoms with Crippen molar-refractivity contribution in [1.29, 1.82) is 0 Å². The number of benzene rings is 2. The van der Waals surface area contributed by atoms with E-state index in [1.807, 2.05) is 40.8 Å². The maximum atomic E-state index is 13.1. The van der Waals surface area contributed by atoms with Gasteiger partial charge in [-0.1, -0.05) is 12.1 Å². The zero-order valence-electron chi connectivity index (χ0n) is 20.9. The van der Waals surface area contributed by atoms with Crippen LogP contribution in [0, 0.1) is 10.1 Å². The van der Waals surface area contributed by atoms with Crippen molar-refractivity contribution >= 4 is 28.1 Å². The number of pyridine rings is 2. The fourth-order valence-corrected chi connectivity index (χ4v) is 4.88. The predicted octanol–water partition coefficient (Wildman–Crippen LogP) is 3.85. The van der Waals surface area contributed by atoms with E-state index in [9.17, 15) is 14.9 Å². The summed E-state index contributed by atoms with van der Waals surface area (Å²) in [6.07, 6.45) is 1.76. The maximum Gasteiger partial charge on any atom is 0.293 e. The number of aryl methyl sites for hydroxylation is 1. The van der Waals surface area contributed by atoms with Gasteiger partial charge in [-0.15, -0.1) is 0 Å². The number of hydrogen-bond acceptors (Lipinski definition) is 8. The fraction of sp³-hybridized carbons (Fsp3) is 0.259. The Balaban J connectivity index is 1.52. The number of nitrogens with zero attached hydrogens (tertiary/aromatic N) is 5. The van der Waals surface area contributed by atoms with Gasteiger partial charge in [-0.2, -0.15) is 0 Å². The molecule has 2 aromatic heterocycles. The second-order valence-corrected chi connectivity index (χ2v) is 8.80. The van der Waals surface area contributed by atoms with Gasteiger partial charge >= 0.3 is 0 Å². The third-order valence-electron chi connectivity index (χ3n) is 6.81. The maximum absolute atomic E-state index is 13.1. The molecule has 1 aliphatic heterocycles. The van der Waals surface area contributed by atoms with Crippen LogP contribution in [-0.2, 0) is 7.05 Å². The standard InChI is InChI=1S/C27H27N5O5/c1-29-21(17-24(33)27-23(29)15-19(36-2)16-25(27)37-3)18-7-8-20(22(14-18)32(34)35)30-10-12-31(13-11-30)26-6-4-5-9-28-26/h4-9,14-17H,10-13H2,1-3H3. The highest BCUT2D eigenvalue weighted by Crippen LogP contribution is 2.36. The van der Waals surface area contributed by atoms with Gasteiger partial charge in [-0.3, -0.25) is 14.9 Å². The van der Waals surface area contributed by atoms with E-state index in [0.717, 1.165) is 5.82 Å². The van der Waals surface area contributed by atoms with E-state index in [2.05, 4.69) is 9.88 Å². The molecule has 10 heteroatoms. The van der Waals surface area contributed by atoms with Gasteiger partial charge < -0.3 is 23.8 Å². The number of aromatic nitrogens is 2. The summed E-state index contributed by atoms with van der Waals surface area (Å²) in [6, 6.07) is 15.8. The molecule has 0 spiro atoms. The molecule has 0 amide bonds. The average Bonchev–Trinajstić information content (AvgIpc) is 2.94. The molecule has 5 rings (SSSR count). The average molecular weight is 502 g/mol. The van der Waals surface area contributed by atoms with E-state index < -0.39 is 0 Å². The van der Waals surface area contributed by atoms with Crippen LogP contribution >= 0.6 is 0 Å². The Morgan fingerprint density at radius 1 is 0.946 bits per heavy atom. The number of piperazine rings is 1. The van der Waals surface area contributed by atoms with Crippen LogP contribution in [-0.4, -0.2) is 54.9 Å². The zero-order chi connectivity index (χ0) is 26.1. The monoisotopic (exact) mass is 501 g/mol. The van der Waals surface area contributed by atoms with Crippen molar-refractivity contribution in [3.05, 3.63) is 81.1 Å². The molecule has 4 aromatic rings. The molecule has 2 aromatic carbocycles.